The molecule has 0 nitrogen and oxygen atoms in total. The normalized spacial score (nSPS) is 13.6. The van der Waals surface area contributed by atoms with Gasteiger partial charge >= 0.3 is 0 Å². The first-order valence-corrected chi connectivity index (χ1v) is 16.9. The van der Waals surface area contributed by atoms with E-state index in [0.29, 0.717) is 0 Å². The van der Waals surface area contributed by atoms with Gasteiger partial charge in [0.1, 0.15) is 0 Å². The molecule has 0 N–H and O–H groups in total. The Morgan fingerprint density at radius 1 is 0.391 bits per heavy atom. The Morgan fingerprint density at radius 2 is 0.935 bits per heavy atom. The Balaban J connectivity index is 1.33. The molecule has 8 aromatic carbocycles. The summed E-state index contributed by atoms with van der Waals surface area (Å²) in [6.07, 6.45) is 0. The number of benzene rings is 8. The molecular weight excluding hydrogens is 573 g/mol. The van der Waals surface area contributed by atoms with Crippen LogP contribution < -0.4 is 0 Å². The molecule has 216 valence electrons. The maximum atomic E-state index is 2.50. The molecule has 0 amide bonds. The van der Waals surface area contributed by atoms with Gasteiger partial charge in [0.05, 0.1) is 0 Å². The van der Waals surface area contributed by atoms with Crippen molar-refractivity contribution in [1.29, 1.82) is 0 Å². The van der Waals surface area contributed by atoms with Gasteiger partial charge in [-0.3, -0.25) is 0 Å². The monoisotopic (exact) mass is 602 g/mol. The highest BCUT2D eigenvalue weighted by Crippen LogP contribution is 2.54. The third-order valence-electron chi connectivity index (χ3n) is 10.4. The minimum Gasteiger partial charge on any atom is -0.135 e. The topological polar surface area (TPSA) is 0 Å². The number of fused-ring (bicyclic) bond motifs is 10. The highest BCUT2D eigenvalue weighted by Gasteiger charge is 2.37. The largest absolute Gasteiger partial charge is 0.135 e. The fourth-order valence-corrected chi connectivity index (χ4v) is 9.62. The molecular formula is C45H30S. The molecule has 0 atom stereocenters. The lowest BCUT2D eigenvalue weighted by Gasteiger charge is -2.25. The Bertz CT molecular complexity index is 2660. The van der Waals surface area contributed by atoms with E-state index in [1.807, 2.05) is 11.3 Å². The molecule has 0 bridgehead atoms. The van der Waals surface area contributed by atoms with Gasteiger partial charge in [-0.1, -0.05) is 141 Å². The third-order valence-corrected chi connectivity index (χ3v) is 11.6. The first-order valence-electron chi connectivity index (χ1n) is 16.1. The predicted octanol–water partition coefficient (Wildman–Crippen LogP) is 13.2. The van der Waals surface area contributed by atoms with Crippen LogP contribution in [0.15, 0.2) is 146 Å². The first kappa shape index (κ1) is 26.0. The minimum atomic E-state index is -0.0662. The van der Waals surface area contributed by atoms with Crippen LogP contribution >= 0.6 is 11.3 Å². The zero-order valence-corrected chi connectivity index (χ0v) is 26.6. The van der Waals surface area contributed by atoms with Gasteiger partial charge in [0.2, 0.25) is 0 Å². The van der Waals surface area contributed by atoms with Crippen LogP contribution in [0.2, 0.25) is 0 Å². The average Bonchev–Trinajstić information content (AvgIpc) is 3.58. The lowest BCUT2D eigenvalue weighted by molar-refractivity contribution is 0.666. The van der Waals surface area contributed by atoms with Crippen LogP contribution in [-0.2, 0) is 5.41 Å². The standard InChI is InChI=1S/C45H30S/c1-45(2)39-21-11-9-14-29(39)38-26-37(28-13-3-8-20-36(28)44(38)45)43-34-18-6-4-16-32(34)42(33-17-5-7-19-35(33)43)27-23-24-31-30-15-10-12-22-40(30)46-41(31)25-27/h3-26H,1-2H3. The fraction of sp³-hybridized carbons (Fsp3) is 0.0667. The van der Waals surface area contributed by atoms with E-state index in [1.54, 1.807) is 0 Å². The summed E-state index contributed by atoms with van der Waals surface area (Å²) in [6, 6.07) is 54.5. The quantitative estimate of drug-likeness (QED) is 0.173. The summed E-state index contributed by atoms with van der Waals surface area (Å²) in [4.78, 5) is 0. The van der Waals surface area contributed by atoms with Crippen LogP contribution in [0.25, 0.3) is 85.9 Å². The molecule has 1 aliphatic rings. The fourth-order valence-electron chi connectivity index (χ4n) is 8.48. The van der Waals surface area contributed by atoms with Gasteiger partial charge in [-0.2, -0.15) is 0 Å². The molecule has 9 aromatic rings. The van der Waals surface area contributed by atoms with Crippen LogP contribution in [0, 0.1) is 0 Å². The van der Waals surface area contributed by atoms with E-state index in [1.165, 1.54) is 97.0 Å². The summed E-state index contributed by atoms with van der Waals surface area (Å²) < 4.78 is 2.68. The summed E-state index contributed by atoms with van der Waals surface area (Å²) in [5.74, 6) is 0. The number of thiophene rings is 1. The molecule has 46 heavy (non-hydrogen) atoms. The average molecular weight is 603 g/mol. The molecule has 1 heteroatoms. The number of hydrogen-bond donors (Lipinski definition) is 0. The second kappa shape index (κ2) is 9.39. The van der Waals surface area contributed by atoms with Crippen LogP contribution in [0.3, 0.4) is 0 Å². The van der Waals surface area contributed by atoms with Gasteiger partial charge in [0.15, 0.2) is 0 Å². The van der Waals surface area contributed by atoms with Gasteiger partial charge in [-0.05, 0) is 95.0 Å². The molecule has 0 spiro atoms. The van der Waals surface area contributed by atoms with Crippen LogP contribution in [0.5, 0.6) is 0 Å². The summed E-state index contributed by atoms with van der Waals surface area (Å²) >= 11 is 1.89. The van der Waals surface area contributed by atoms with E-state index >= 15 is 0 Å². The zero-order valence-electron chi connectivity index (χ0n) is 25.8. The van der Waals surface area contributed by atoms with Crippen molar-refractivity contribution in [2.45, 2.75) is 19.3 Å². The summed E-state index contributed by atoms with van der Waals surface area (Å²) in [7, 11) is 0. The van der Waals surface area contributed by atoms with Crippen molar-refractivity contribution < 1.29 is 0 Å². The summed E-state index contributed by atoms with van der Waals surface area (Å²) in [6.45, 7) is 4.77. The summed E-state index contributed by atoms with van der Waals surface area (Å²) in [5, 5.41) is 10.5. The van der Waals surface area contributed by atoms with Gasteiger partial charge in [0.25, 0.3) is 0 Å². The Hall–Kier alpha value is -5.24. The van der Waals surface area contributed by atoms with Gasteiger partial charge < -0.3 is 0 Å². The molecule has 0 aliphatic heterocycles. The molecule has 0 fully saturated rings. The smallest absolute Gasteiger partial charge is 0.0361 e. The van der Waals surface area contributed by atoms with Crippen molar-refractivity contribution in [2.75, 3.05) is 0 Å². The van der Waals surface area contributed by atoms with Gasteiger partial charge in [-0.15, -0.1) is 11.3 Å². The maximum Gasteiger partial charge on any atom is 0.0361 e. The lowest BCUT2D eigenvalue weighted by Crippen LogP contribution is -2.15. The third kappa shape index (κ3) is 3.44. The van der Waals surface area contributed by atoms with E-state index in [9.17, 15) is 0 Å². The van der Waals surface area contributed by atoms with Crippen LogP contribution in [0.4, 0.5) is 0 Å². The van der Waals surface area contributed by atoms with E-state index in [0.717, 1.165) is 0 Å². The molecule has 0 radical (unpaired) electrons. The minimum absolute atomic E-state index is 0.0662. The van der Waals surface area contributed by atoms with Crippen molar-refractivity contribution in [3.05, 3.63) is 157 Å². The molecule has 1 aliphatic carbocycles. The van der Waals surface area contributed by atoms with E-state index in [2.05, 4.69) is 159 Å². The van der Waals surface area contributed by atoms with E-state index in [4.69, 9.17) is 0 Å². The van der Waals surface area contributed by atoms with Gasteiger partial charge in [0, 0.05) is 25.6 Å². The Morgan fingerprint density at radius 3 is 1.65 bits per heavy atom. The number of rotatable bonds is 2. The SMILES string of the molecule is CC1(C)c2ccccc2-c2cc(-c3c4ccccc4c(-c4ccc5c(c4)sc4ccccc45)c4ccccc34)c3ccccc3c21. The molecule has 1 aromatic heterocycles. The van der Waals surface area contributed by atoms with E-state index < -0.39 is 0 Å². The second-order valence-corrected chi connectivity index (χ2v) is 14.3. The second-order valence-electron chi connectivity index (χ2n) is 13.2. The molecule has 10 rings (SSSR count). The molecule has 0 saturated carbocycles. The first-order chi connectivity index (χ1) is 22.6. The van der Waals surface area contributed by atoms with Crippen LogP contribution in [-0.4, -0.2) is 0 Å². The van der Waals surface area contributed by atoms with Crippen molar-refractivity contribution in [2.24, 2.45) is 0 Å². The van der Waals surface area contributed by atoms with Crippen molar-refractivity contribution in [3.8, 4) is 33.4 Å². The van der Waals surface area contributed by atoms with Crippen molar-refractivity contribution in [3.63, 3.8) is 0 Å². The Labute approximate surface area is 272 Å². The van der Waals surface area contributed by atoms with Crippen LogP contribution in [0.1, 0.15) is 25.0 Å². The molecule has 1 heterocycles. The van der Waals surface area contributed by atoms with Crippen molar-refractivity contribution >= 4 is 63.8 Å². The van der Waals surface area contributed by atoms with E-state index in [-0.39, 0.29) is 5.41 Å². The van der Waals surface area contributed by atoms with Crippen molar-refractivity contribution in [1.82, 2.24) is 0 Å². The molecule has 0 unspecified atom stereocenters. The molecule has 0 saturated heterocycles. The number of hydrogen-bond acceptors (Lipinski definition) is 1. The predicted molar refractivity (Wildman–Crippen MR) is 200 cm³/mol. The summed E-state index contributed by atoms with van der Waals surface area (Å²) in [5.41, 5.74) is 10.7. The van der Waals surface area contributed by atoms with Gasteiger partial charge in [-0.25, -0.2) is 0 Å². The lowest BCUT2D eigenvalue weighted by atomic mass is 9.78. The Kier molecular flexibility index (Phi) is 5.31. The zero-order chi connectivity index (χ0) is 30.6. The highest BCUT2D eigenvalue weighted by molar-refractivity contribution is 7.25. The highest BCUT2D eigenvalue weighted by atomic mass is 32.1. The maximum absolute atomic E-state index is 2.50.